The van der Waals surface area contributed by atoms with Crippen molar-refractivity contribution in [1.29, 1.82) is 0 Å². The third-order valence-corrected chi connectivity index (χ3v) is 2.43. The average Bonchev–Trinajstić information content (AvgIpc) is 2.35. The van der Waals surface area contributed by atoms with Gasteiger partial charge < -0.3 is 14.9 Å². The molecule has 1 aromatic heterocycles. The lowest BCUT2D eigenvalue weighted by Crippen LogP contribution is -2.21. The van der Waals surface area contributed by atoms with Crippen LogP contribution in [0.25, 0.3) is 0 Å². The number of rotatable bonds is 7. The Kier molecular flexibility index (Phi) is 5.80. The molecule has 6 heteroatoms. The molecule has 1 aromatic rings. The number of aromatic nitrogens is 2. The molecule has 3 N–H and O–H groups in total. The molecule has 0 aromatic carbocycles. The molecule has 0 saturated heterocycles. The Labute approximate surface area is 108 Å². The molecule has 1 rings (SSSR count). The van der Waals surface area contributed by atoms with Crippen molar-refractivity contribution in [2.24, 2.45) is 5.84 Å². The fourth-order valence-electron chi connectivity index (χ4n) is 1.62. The van der Waals surface area contributed by atoms with Gasteiger partial charge in [-0.2, -0.15) is 0 Å². The molecule has 1 heterocycles. The summed E-state index contributed by atoms with van der Waals surface area (Å²) in [6, 6.07) is 0. The van der Waals surface area contributed by atoms with Gasteiger partial charge >= 0.3 is 0 Å². The number of nitrogen functional groups attached to an aromatic ring is 1. The number of nitrogens with zero attached hydrogens (tertiary/aromatic N) is 2. The zero-order valence-corrected chi connectivity index (χ0v) is 11.4. The molecule has 0 fully saturated rings. The number of hydrogen-bond donors (Lipinski definition) is 2. The highest BCUT2D eigenvalue weighted by Crippen LogP contribution is 2.29. The smallest absolute Gasteiger partial charge is 0.222 e. The van der Waals surface area contributed by atoms with Crippen LogP contribution in [-0.2, 0) is 4.74 Å². The van der Waals surface area contributed by atoms with Gasteiger partial charge in [-0.05, 0) is 19.8 Å². The molecule has 0 bridgehead atoms. The maximum absolute atomic E-state index is 5.78. The molecular weight excluding hydrogens is 232 g/mol. The first-order chi connectivity index (χ1) is 8.60. The lowest BCUT2D eigenvalue weighted by atomic mass is 10.1. The maximum atomic E-state index is 5.78. The number of anilines is 1. The van der Waals surface area contributed by atoms with Crippen molar-refractivity contribution >= 4 is 5.82 Å². The molecule has 1 unspecified atom stereocenters. The molecule has 0 spiro atoms. The average molecular weight is 254 g/mol. The van der Waals surface area contributed by atoms with Gasteiger partial charge in [0.25, 0.3) is 0 Å². The first-order valence-electron chi connectivity index (χ1n) is 6.16. The molecule has 0 aliphatic carbocycles. The summed E-state index contributed by atoms with van der Waals surface area (Å²) in [6.45, 7) is 9.18. The molecule has 0 amide bonds. The van der Waals surface area contributed by atoms with Crippen LogP contribution in [0, 0.1) is 0 Å². The van der Waals surface area contributed by atoms with Crippen molar-refractivity contribution in [2.75, 3.05) is 18.6 Å². The standard InChI is InChI=1S/C12H22N4O2/c1-5-17-6-9(4)18-12-10(8(2)3)11(16-13)14-7-15-12/h7-9H,5-6,13H2,1-4H3,(H,14,15,16). The van der Waals surface area contributed by atoms with E-state index in [0.29, 0.717) is 24.9 Å². The summed E-state index contributed by atoms with van der Waals surface area (Å²) in [7, 11) is 0. The predicted molar refractivity (Wildman–Crippen MR) is 70.5 cm³/mol. The van der Waals surface area contributed by atoms with E-state index in [4.69, 9.17) is 15.3 Å². The van der Waals surface area contributed by atoms with Crippen molar-refractivity contribution < 1.29 is 9.47 Å². The van der Waals surface area contributed by atoms with Gasteiger partial charge in [-0.25, -0.2) is 15.8 Å². The Morgan fingerprint density at radius 2 is 2.06 bits per heavy atom. The summed E-state index contributed by atoms with van der Waals surface area (Å²) in [5.41, 5.74) is 3.45. The van der Waals surface area contributed by atoms with E-state index in [1.54, 1.807) is 0 Å². The molecule has 1 atom stereocenters. The van der Waals surface area contributed by atoms with Crippen molar-refractivity contribution in [1.82, 2.24) is 9.97 Å². The molecular formula is C12H22N4O2. The topological polar surface area (TPSA) is 82.3 Å². The van der Waals surface area contributed by atoms with Crippen LogP contribution in [0.3, 0.4) is 0 Å². The molecule has 0 aliphatic rings. The summed E-state index contributed by atoms with van der Waals surface area (Å²) < 4.78 is 11.1. The monoisotopic (exact) mass is 254 g/mol. The van der Waals surface area contributed by atoms with Gasteiger partial charge in [0.2, 0.25) is 5.88 Å². The summed E-state index contributed by atoms with van der Waals surface area (Å²) in [5.74, 6) is 6.81. The van der Waals surface area contributed by atoms with Crippen LogP contribution < -0.4 is 16.0 Å². The summed E-state index contributed by atoms with van der Waals surface area (Å²) in [6.07, 6.45) is 1.37. The Balaban J connectivity index is 2.87. The molecule has 18 heavy (non-hydrogen) atoms. The van der Waals surface area contributed by atoms with Crippen LogP contribution in [0.4, 0.5) is 5.82 Å². The summed E-state index contributed by atoms with van der Waals surface area (Å²) in [5, 5.41) is 0. The van der Waals surface area contributed by atoms with Gasteiger partial charge in [0.05, 0.1) is 12.2 Å². The first kappa shape index (κ1) is 14.7. The van der Waals surface area contributed by atoms with E-state index in [9.17, 15) is 0 Å². The molecule has 102 valence electrons. The van der Waals surface area contributed by atoms with Crippen LogP contribution in [-0.4, -0.2) is 29.3 Å². The number of hydrogen-bond acceptors (Lipinski definition) is 6. The van der Waals surface area contributed by atoms with E-state index in [1.807, 2.05) is 27.7 Å². The van der Waals surface area contributed by atoms with E-state index in [-0.39, 0.29) is 12.0 Å². The predicted octanol–water partition coefficient (Wildman–Crippen LogP) is 1.69. The second-order valence-electron chi connectivity index (χ2n) is 4.33. The lowest BCUT2D eigenvalue weighted by Gasteiger charge is -2.19. The highest BCUT2D eigenvalue weighted by molar-refractivity contribution is 5.49. The van der Waals surface area contributed by atoms with Crippen LogP contribution in [0.5, 0.6) is 5.88 Å². The quantitative estimate of drug-likeness (QED) is 0.569. The number of nitrogens with one attached hydrogen (secondary N) is 1. The van der Waals surface area contributed by atoms with Crippen molar-refractivity contribution in [3.63, 3.8) is 0 Å². The van der Waals surface area contributed by atoms with Gasteiger partial charge in [-0.3, -0.25) is 0 Å². The van der Waals surface area contributed by atoms with Gasteiger partial charge in [-0.1, -0.05) is 13.8 Å². The maximum Gasteiger partial charge on any atom is 0.222 e. The van der Waals surface area contributed by atoms with Crippen LogP contribution in [0.2, 0.25) is 0 Å². The Bertz CT molecular complexity index is 371. The third-order valence-electron chi connectivity index (χ3n) is 2.43. The zero-order chi connectivity index (χ0) is 13.5. The van der Waals surface area contributed by atoms with E-state index >= 15 is 0 Å². The van der Waals surface area contributed by atoms with Gasteiger partial charge in [0, 0.05) is 6.61 Å². The van der Waals surface area contributed by atoms with Crippen LogP contribution in [0.1, 0.15) is 39.2 Å². The van der Waals surface area contributed by atoms with Crippen molar-refractivity contribution in [2.45, 2.75) is 39.7 Å². The van der Waals surface area contributed by atoms with Crippen molar-refractivity contribution in [3.05, 3.63) is 11.9 Å². The highest BCUT2D eigenvalue weighted by atomic mass is 16.5. The largest absolute Gasteiger partial charge is 0.472 e. The second-order valence-corrected chi connectivity index (χ2v) is 4.33. The number of hydrazine groups is 1. The Morgan fingerprint density at radius 1 is 1.33 bits per heavy atom. The third kappa shape index (κ3) is 3.82. The second kappa shape index (κ2) is 7.13. The fraction of sp³-hybridized carbons (Fsp3) is 0.667. The minimum absolute atomic E-state index is 0.0667. The lowest BCUT2D eigenvalue weighted by molar-refractivity contribution is 0.0626. The SMILES string of the molecule is CCOCC(C)Oc1ncnc(NN)c1C(C)C. The summed E-state index contributed by atoms with van der Waals surface area (Å²) in [4.78, 5) is 8.26. The number of ether oxygens (including phenoxy) is 2. The Hall–Kier alpha value is -1.40. The molecule has 0 aliphatic heterocycles. The van der Waals surface area contributed by atoms with E-state index in [0.717, 1.165) is 5.56 Å². The van der Waals surface area contributed by atoms with E-state index < -0.39 is 0 Å². The number of nitrogens with two attached hydrogens (primary N) is 1. The van der Waals surface area contributed by atoms with Gasteiger partial charge in [-0.15, -0.1) is 0 Å². The minimum atomic E-state index is -0.0667. The van der Waals surface area contributed by atoms with Crippen LogP contribution in [0.15, 0.2) is 6.33 Å². The van der Waals surface area contributed by atoms with Gasteiger partial charge in [0.1, 0.15) is 12.4 Å². The zero-order valence-electron chi connectivity index (χ0n) is 11.4. The Morgan fingerprint density at radius 3 is 2.61 bits per heavy atom. The summed E-state index contributed by atoms with van der Waals surface area (Å²) >= 11 is 0. The minimum Gasteiger partial charge on any atom is -0.472 e. The van der Waals surface area contributed by atoms with Crippen molar-refractivity contribution in [3.8, 4) is 5.88 Å². The van der Waals surface area contributed by atoms with E-state index in [1.165, 1.54) is 6.33 Å². The molecule has 0 radical (unpaired) electrons. The van der Waals surface area contributed by atoms with Gasteiger partial charge in [0.15, 0.2) is 5.82 Å². The fourth-order valence-corrected chi connectivity index (χ4v) is 1.62. The van der Waals surface area contributed by atoms with Crippen LogP contribution >= 0.6 is 0 Å². The molecule has 0 saturated carbocycles. The van der Waals surface area contributed by atoms with E-state index in [2.05, 4.69) is 15.4 Å². The first-order valence-corrected chi connectivity index (χ1v) is 6.16. The molecule has 6 nitrogen and oxygen atoms in total. The normalized spacial score (nSPS) is 12.6. The highest BCUT2D eigenvalue weighted by Gasteiger charge is 2.17.